The zero-order chi connectivity index (χ0) is 21.4. The van der Waals surface area contributed by atoms with Gasteiger partial charge in [-0.1, -0.05) is 54.6 Å². The summed E-state index contributed by atoms with van der Waals surface area (Å²) in [5.74, 6) is 0. The molecule has 1 saturated heterocycles. The van der Waals surface area contributed by atoms with E-state index in [1.807, 2.05) is 42.6 Å². The van der Waals surface area contributed by atoms with Gasteiger partial charge in [-0.05, 0) is 29.9 Å². The number of nitrogens with zero attached hydrogens (tertiary/aromatic N) is 3. The average molecular weight is 425 g/mol. The first-order valence-corrected chi connectivity index (χ1v) is 11.6. The number of fused-ring (bicyclic) bond motifs is 1. The van der Waals surface area contributed by atoms with E-state index in [-0.39, 0.29) is 6.04 Å². The molecular weight excluding hydrogens is 396 g/mol. The summed E-state index contributed by atoms with van der Waals surface area (Å²) in [5, 5.41) is 2.15. The van der Waals surface area contributed by atoms with Gasteiger partial charge < -0.3 is 5.73 Å². The fourth-order valence-electron chi connectivity index (χ4n) is 4.55. The Labute approximate surface area is 178 Å². The number of nitrogens with two attached hydrogens (primary N) is 1. The van der Waals surface area contributed by atoms with Crippen molar-refractivity contribution in [3.63, 3.8) is 0 Å². The Bertz CT molecular complexity index is 1120. The number of hydrogen-bond donors (Lipinski definition) is 1. The van der Waals surface area contributed by atoms with Crippen LogP contribution in [-0.2, 0) is 15.6 Å². The summed E-state index contributed by atoms with van der Waals surface area (Å²) >= 11 is 0. The van der Waals surface area contributed by atoms with Crippen molar-refractivity contribution in [1.29, 1.82) is 0 Å². The molecule has 3 aromatic rings. The highest BCUT2D eigenvalue weighted by atomic mass is 32.2. The summed E-state index contributed by atoms with van der Waals surface area (Å²) in [5.41, 5.74) is 8.58. The van der Waals surface area contributed by atoms with Gasteiger partial charge in [-0.2, -0.15) is 17.0 Å². The van der Waals surface area contributed by atoms with Crippen molar-refractivity contribution >= 4 is 21.0 Å². The lowest BCUT2D eigenvalue weighted by Crippen LogP contribution is -2.52. The number of hydrogen-bond acceptors (Lipinski definition) is 4. The SMILES string of the molecule is CN(C)S(=O)(=O)N1CCC(c2ccccc2)(C(N)c2nccc3ccccc23)CC1. The Kier molecular flexibility index (Phi) is 5.63. The number of rotatable bonds is 5. The van der Waals surface area contributed by atoms with E-state index in [1.165, 1.54) is 4.31 Å². The van der Waals surface area contributed by atoms with Crippen molar-refractivity contribution in [1.82, 2.24) is 13.6 Å². The van der Waals surface area contributed by atoms with E-state index in [9.17, 15) is 8.42 Å². The van der Waals surface area contributed by atoms with Crippen molar-refractivity contribution in [2.24, 2.45) is 5.73 Å². The maximum absolute atomic E-state index is 12.7. The lowest BCUT2D eigenvalue weighted by molar-refractivity contribution is 0.193. The minimum atomic E-state index is -3.45. The molecule has 0 saturated carbocycles. The molecule has 0 aliphatic carbocycles. The first kappa shape index (κ1) is 20.9. The highest BCUT2D eigenvalue weighted by molar-refractivity contribution is 7.86. The molecule has 158 valence electrons. The molecule has 30 heavy (non-hydrogen) atoms. The Morgan fingerprint density at radius 3 is 2.30 bits per heavy atom. The second kappa shape index (κ2) is 8.07. The van der Waals surface area contributed by atoms with Gasteiger partial charge in [0, 0.05) is 44.2 Å². The lowest BCUT2D eigenvalue weighted by Gasteiger charge is -2.45. The maximum atomic E-state index is 12.7. The van der Waals surface area contributed by atoms with Crippen LogP contribution in [0.2, 0.25) is 0 Å². The summed E-state index contributed by atoms with van der Waals surface area (Å²) in [6.07, 6.45) is 3.08. The molecule has 0 bridgehead atoms. The molecular formula is C23H28N4O2S. The van der Waals surface area contributed by atoms with Crippen LogP contribution in [0.15, 0.2) is 66.9 Å². The van der Waals surface area contributed by atoms with Gasteiger partial charge in [0.25, 0.3) is 10.2 Å². The molecule has 0 amide bonds. The van der Waals surface area contributed by atoms with Gasteiger partial charge >= 0.3 is 0 Å². The van der Waals surface area contributed by atoms with Crippen molar-refractivity contribution in [3.8, 4) is 0 Å². The van der Waals surface area contributed by atoms with Crippen LogP contribution in [0, 0.1) is 0 Å². The van der Waals surface area contributed by atoms with Crippen LogP contribution < -0.4 is 5.73 Å². The molecule has 0 radical (unpaired) electrons. The summed E-state index contributed by atoms with van der Waals surface area (Å²) in [6.45, 7) is 0.849. The summed E-state index contributed by atoms with van der Waals surface area (Å²) < 4.78 is 28.1. The van der Waals surface area contributed by atoms with Crippen LogP contribution in [0.25, 0.3) is 10.8 Å². The molecule has 1 aromatic heterocycles. The lowest BCUT2D eigenvalue weighted by atomic mass is 9.67. The molecule has 1 aliphatic rings. The van der Waals surface area contributed by atoms with E-state index in [0.717, 1.165) is 22.0 Å². The Morgan fingerprint density at radius 1 is 1.00 bits per heavy atom. The molecule has 6 nitrogen and oxygen atoms in total. The summed E-state index contributed by atoms with van der Waals surface area (Å²) in [4.78, 5) is 4.68. The van der Waals surface area contributed by atoms with Crippen LogP contribution in [-0.4, -0.2) is 49.2 Å². The van der Waals surface area contributed by atoms with E-state index in [1.54, 1.807) is 18.4 Å². The van der Waals surface area contributed by atoms with Gasteiger partial charge in [-0.25, -0.2) is 0 Å². The van der Waals surface area contributed by atoms with Gasteiger partial charge in [0.05, 0.1) is 11.7 Å². The zero-order valence-electron chi connectivity index (χ0n) is 17.4. The zero-order valence-corrected chi connectivity index (χ0v) is 18.2. The summed E-state index contributed by atoms with van der Waals surface area (Å²) in [7, 11) is -0.308. The van der Waals surface area contributed by atoms with Gasteiger partial charge in [0.15, 0.2) is 0 Å². The highest BCUT2D eigenvalue weighted by Gasteiger charge is 2.45. The largest absolute Gasteiger partial charge is 0.322 e. The Morgan fingerprint density at radius 2 is 1.63 bits per heavy atom. The molecule has 1 aliphatic heterocycles. The number of piperidine rings is 1. The number of aromatic nitrogens is 1. The smallest absolute Gasteiger partial charge is 0.281 e. The van der Waals surface area contributed by atoms with E-state index in [2.05, 4.69) is 29.2 Å². The molecule has 7 heteroatoms. The van der Waals surface area contributed by atoms with Crippen LogP contribution in [0.5, 0.6) is 0 Å². The second-order valence-electron chi connectivity index (χ2n) is 8.11. The normalized spacial score (nSPS) is 18.5. The third kappa shape index (κ3) is 3.52. The molecule has 2 N–H and O–H groups in total. The standard InChI is InChI=1S/C23H28N4O2S/c1-26(2)30(28,29)27-16-13-23(14-17-27,19-9-4-3-5-10-19)22(24)21-20-11-7-6-8-18(20)12-15-25-21/h3-12,15,22H,13-14,16-17,24H2,1-2H3. The predicted molar refractivity (Wildman–Crippen MR) is 120 cm³/mol. The molecule has 1 unspecified atom stereocenters. The first-order valence-electron chi connectivity index (χ1n) is 10.2. The number of benzene rings is 2. The fraction of sp³-hybridized carbons (Fsp3) is 0.348. The summed E-state index contributed by atoms with van der Waals surface area (Å²) in [6, 6.07) is 20.0. The van der Waals surface area contributed by atoms with Crippen molar-refractivity contribution in [3.05, 3.63) is 78.1 Å². The molecule has 1 atom stereocenters. The Balaban J connectivity index is 1.77. The third-order valence-corrected chi connectivity index (χ3v) is 8.29. The fourth-order valence-corrected chi connectivity index (χ4v) is 5.65. The quantitative estimate of drug-likeness (QED) is 0.683. The topological polar surface area (TPSA) is 79.5 Å². The van der Waals surface area contributed by atoms with Gasteiger partial charge in [-0.15, -0.1) is 0 Å². The van der Waals surface area contributed by atoms with Crippen molar-refractivity contribution in [2.45, 2.75) is 24.3 Å². The highest BCUT2D eigenvalue weighted by Crippen LogP contribution is 2.45. The Hall–Kier alpha value is -2.32. The van der Waals surface area contributed by atoms with Gasteiger partial charge in [0.1, 0.15) is 0 Å². The molecule has 0 spiro atoms. The van der Waals surface area contributed by atoms with Crippen LogP contribution in [0.3, 0.4) is 0 Å². The van der Waals surface area contributed by atoms with Gasteiger partial charge in [0.2, 0.25) is 0 Å². The first-order chi connectivity index (χ1) is 14.4. The van der Waals surface area contributed by atoms with Crippen LogP contribution in [0.4, 0.5) is 0 Å². The molecule has 2 heterocycles. The van der Waals surface area contributed by atoms with Crippen LogP contribution >= 0.6 is 0 Å². The van der Waals surface area contributed by atoms with E-state index >= 15 is 0 Å². The minimum Gasteiger partial charge on any atom is -0.322 e. The minimum absolute atomic E-state index is 0.352. The van der Waals surface area contributed by atoms with Crippen LogP contribution in [0.1, 0.15) is 30.1 Å². The third-order valence-electron chi connectivity index (χ3n) is 6.35. The van der Waals surface area contributed by atoms with E-state index in [4.69, 9.17) is 5.73 Å². The number of pyridine rings is 1. The van der Waals surface area contributed by atoms with E-state index < -0.39 is 15.6 Å². The average Bonchev–Trinajstić information content (AvgIpc) is 2.78. The maximum Gasteiger partial charge on any atom is 0.281 e. The van der Waals surface area contributed by atoms with Crippen molar-refractivity contribution in [2.75, 3.05) is 27.2 Å². The van der Waals surface area contributed by atoms with E-state index in [0.29, 0.717) is 25.9 Å². The monoisotopic (exact) mass is 424 g/mol. The molecule has 2 aromatic carbocycles. The second-order valence-corrected chi connectivity index (χ2v) is 10.2. The predicted octanol–water partition coefficient (Wildman–Crippen LogP) is 3.07. The van der Waals surface area contributed by atoms with Crippen molar-refractivity contribution < 1.29 is 8.42 Å². The molecule has 4 rings (SSSR count). The molecule has 1 fully saturated rings. The van der Waals surface area contributed by atoms with Gasteiger partial charge in [-0.3, -0.25) is 4.98 Å².